The first-order chi connectivity index (χ1) is 9.52. The molecule has 2 saturated heterocycles. The summed E-state index contributed by atoms with van der Waals surface area (Å²) in [5.41, 5.74) is 0. The zero-order valence-electron chi connectivity index (χ0n) is 11.5. The van der Waals surface area contributed by atoms with Gasteiger partial charge in [0.25, 0.3) is 0 Å². The lowest BCUT2D eigenvalue weighted by molar-refractivity contribution is -0.139. The predicted octanol–water partition coefficient (Wildman–Crippen LogP) is -0.341. The van der Waals surface area contributed by atoms with Crippen molar-refractivity contribution in [3.8, 4) is 0 Å². The summed E-state index contributed by atoms with van der Waals surface area (Å²) in [4.78, 5) is 37.9. The van der Waals surface area contributed by atoms with Gasteiger partial charge in [0.15, 0.2) is 0 Å². The summed E-state index contributed by atoms with van der Waals surface area (Å²) in [6.07, 6.45) is 1.09. The number of piperazine rings is 1. The van der Waals surface area contributed by atoms with Crippen LogP contribution in [0.2, 0.25) is 0 Å². The molecule has 112 valence electrons. The molecule has 2 aliphatic heterocycles. The maximum atomic E-state index is 12.1. The van der Waals surface area contributed by atoms with Crippen LogP contribution in [0.5, 0.6) is 0 Å². The van der Waals surface area contributed by atoms with Gasteiger partial charge in [-0.2, -0.15) is 0 Å². The van der Waals surface area contributed by atoms with Gasteiger partial charge in [0.1, 0.15) is 6.04 Å². The van der Waals surface area contributed by atoms with Crippen molar-refractivity contribution in [2.45, 2.75) is 31.8 Å². The third kappa shape index (κ3) is 2.94. The Hall–Kier alpha value is -1.99. The molecule has 0 spiro atoms. The summed E-state index contributed by atoms with van der Waals surface area (Å²) in [7, 11) is 0. The molecule has 0 aromatic heterocycles. The molecule has 0 aromatic carbocycles. The number of fused-ring (bicyclic) bond motifs is 1. The summed E-state index contributed by atoms with van der Waals surface area (Å²) in [5, 5.41) is 14.3. The predicted molar refractivity (Wildman–Crippen MR) is 70.3 cm³/mol. The number of hydrogen-bond acceptors (Lipinski definition) is 3. The molecule has 8 heteroatoms. The molecule has 0 aromatic rings. The van der Waals surface area contributed by atoms with E-state index in [1.54, 1.807) is 9.80 Å². The molecule has 2 aliphatic rings. The van der Waals surface area contributed by atoms with Crippen LogP contribution in [-0.2, 0) is 4.79 Å². The smallest absolute Gasteiger partial charge is 0.326 e. The normalized spacial score (nSPS) is 23.1. The molecule has 0 saturated carbocycles. The zero-order valence-corrected chi connectivity index (χ0v) is 11.5. The first-order valence-electron chi connectivity index (χ1n) is 6.85. The largest absolute Gasteiger partial charge is 0.480 e. The number of urea groups is 2. The Kier molecular flexibility index (Phi) is 4.31. The van der Waals surface area contributed by atoms with E-state index >= 15 is 0 Å². The number of nitrogens with one attached hydrogen (secondary N) is 2. The lowest BCUT2D eigenvalue weighted by atomic mass is 10.1. The molecular formula is C12H20N4O4. The average molecular weight is 284 g/mol. The number of amides is 4. The van der Waals surface area contributed by atoms with Gasteiger partial charge in [0.2, 0.25) is 0 Å². The number of carboxylic acid groups (broad SMARTS) is 1. The fourth-order valence-corrected chi connectivity index (χ4v) is 2.57. The summed E-state index contributed by atoms with van der Waals surface area (Å²) < 4.78 is 0. The lowest BCUT2D eigenvalue weighted by Crippen LogP contribution is -2.57. The Balaban J connectivity index is 1.90. The molecule has 4 amide bonds. The molecule has 8 nitrogen and oxygen atoms in total. The summed E-state index contributed by atoms with van der Waals surface area (Å²) >= 11 is 0. The average Bonchev–Trinajstić information content (AvgIpc) is 2.79. The van der Waals surface area contributed by atoms with Gasteiger partial charge in [-0.3, -0.25) is 0 Å². The van der Waals surface area contributed by atoms with E-state index in [4.69, 9.17) is 5.11 Å². The van der Waals surface area contributed by atoms with E-state index in [9.17, 15) is 14.4 Å². The van der Waals surface area contributed by atoms with Crippen molar-refractivity contribution in [1.29, 1.82) is 0 Å². The summed E-state index contributed by atoms with van der Waals surface area (Å²) in [6.45, 7) is 3.74. The van der Waals surface area contributed by atoms with Crippen molar-refractivity contribution in [3.63, 3.8) is 0 Å². The van der Waals surface area contributed by atoms with Crippen LogP contribution < -0.4 is 10.6 Å². The Morgan fingerprint density at radius 1 is 1.50 bits per heavy atom. The van der Waals surface area contributed by atoms with Gasteiger partial charge >= 0.3 is 18.0 Å². The highest BCUT2D eigenvalue weighted by atomic mass is 16.4. The number of nitrogens with zero attached hydrogens (tertiary/aromatic N) is 2. The van der Waals surface area contributed by atoms with E-state index in [0.29, 0.717) is 39.0 Å². The Labute approximate surface area is 117 Å². The maximum Gasteiger partial charge on any atom is 0.326 e. The molecule has 0 bridgehead atoms. The molecule has 3 N–H and O–H groups in total. The van der Waals surface area contributed by atoms with Gasteiger partial charge < -0.3 is 25.5 Å². The van der Waals surface area contributed by atoms with E-state index in [-0.39, 0.29) is 18.1 Å². The first-order valence-corrected chi connectivity index (χ1v) is 6.85. The van der Waals surface area contributed by atoms with E-state index in [1.165, 1.54) is 0 Å². The number of hydrogen-bond donors (Lipinski definition) is 3. The van der Waals surface area contributed by atoms with E-state index in [0.717, 1.165) is 0 Å². The molecule has 2 rings (SSSR count). The van der Waals surface area contributed by atoms with E-state index < -0.39 is 12.0 Å². The van der Waals surface area contributed by atoms with Gasteiger partial charge in [0.05, 0.1) is 6.04 Å². The Bertz CT molecular complexity index is 414. The highest BCUT2D eigenvalue weighted by Gasteiger charge is 2.37. The van der Waals surface area contributed by atoms with Crippen LogP contribution in [0, 0.1) is 0 Å². The van der Waals surface area contributed by atoms with Gasteiger partial charge in [-0.1, -0.05) is 13.3 Å². The lowest BCUT2D eigenvalue weighted by Gasteiger charge is -2.36. The Morgan fingerprint density at radius 2 is 2.25 bits per heavy atom. The van der Waals surface area contributed by atoms with Crippen LogP contribution in [0.25, 0.3) is 0 Å². The number of carbonyl (C=O) groups excluding carboxylic acids is 2. The molecule has 0 aliphatic carbocycles. The summed E-state index contributed by atoms with van der Waals surface area (Å²) in [5.74, 6) is -1.02. The fourth-order valence-electron chi connectivity index (χ4n) is 2.57. The standard InChI is InChI=1S/C12H20N4O4/c1-2-3-9(10(17)18)14-12(20)15-4-5-16-8(7-15)6-13-11(16)19/h8-9H,2-7H2,1H3,(H,13,19)(H,14,20)(H,17,18). The van der Waals surface area contributed by atoms with E-state index in [2.05, 4.69) is 10.6 Å². The quantitative estimate of drug-likeness (QED) is 0.657. The second kappa shape index (κ2) is 5.98. The highest BCUT2D eigenvalue weighted by molar-refractivity contribution is 5.83. The zero-order chi connectivity index (χ0) is 14.7. The molecule has 2 fully saturated rings. The van der Waals surface area contributed by atoms with Crippen molar-refractivity contribution in [2.75, 3.05) is 26.2 Å². The minimum absolute atomic E-state index is 0.0172. The van der Waals surface area contributed by atoms with Crippen molar-refractivity contribution in [3.05, 3.63) is 0 Å². The second-order valence-electron chi connectivity index (χ2n) is 5.11. The van der Waals surface area contributed by atoms with Crippen LogP contribution >= 0.6 is 0 Å². The van der Waals surface area contributed by atoms with Gasteiger partial charge in [-0.15, -0.1) is 0 Å². The van der Waals surface area contributed by atoms with Crippen LogP contribution in [0.1, 0.15) is 19.8 Å². The SMILES string of the molecule is CCCC(NC(=O)N1CCN2C(=O)NCC2C1)C(=O)O. The van der Waals surface area contributed by atoms with E-state index in [1.807, 2.05) is 6.92 Å². The fraction of sp³-hybridized carbons (Fsp3) is 0.750. The monoisotopic (exact) mass is 284 g/mol. The number of carboxylic acids is 1. The van der Waals surface area contributed by atoms with Crippen LogP contribution in [0.15, 0.2) is 0 Å². The van der Waals surface area contributed by atoms with Gasteiger partial charge in [0, 0.05) is 26.2 Å². The number of rotatable bonds is 4. The van der Waals surface area contributed by atoms with Gasteiger partial charge in [-0.05, 0) is 6.42 Å². The third-order valence-corrected chi connectivity index (χ3v) is 3.69. The minimum atomic E-state index is -1.02. The van der Waals surface area contributed by atoms with Crippen molar-refractivity contribution < 1.29 is 19.5 Å². The maximum absolute atomic E-state index is 12.1. The topological polar surface area (TPSA) is 102 Å². The van der Waals surface area contributed by atoms with Crippen LogP contribution in [0.3, 0.4) is 0 Å². The van der Waals surface area contributed by atoms with Crippen molar-refractivity contribution >= 4 is 18.0 Å². The first kappa shape index (κ1) is 14.4. The molecule has 2 heterocycles. The highest BCUT2D eigenvalue weighted by Crippen LogP contribution is 2.14. The second-order valence-corrected chi connectivity index (χ2v) is 5.11. The van der Waals surface area contributed by atoms with Crippen LogP contribution in [-0.4, -0.2) is 71.2 Å². The molecule has 20 heavy (non-hydrogen) atoms. The van der Waals surface area contributed by atoms with Crippen molar-refractivity contribution in [2.24, 2.45) is 0 Å². The Morgan fingerprint density at radius 3 is 2.90 bits per heavy atom. The molecule has 2 atom stereocenters. The molecule has 2 unspecified atom stereocenters. The van der Waals surface area contributed by atoms with Crippen molar-refractivity contribution in [1.82, 2.24) is 20.4 Å². The summed E-state index contributed by atoms with van der Waals surface area (Å²) in [6, 6.07) is -1.33. The number of aliphatic carboxylic acids is 1. The third-order valence-electron chi connectivity index (χ3n) is 3.69. The minimum Gasteiger partial charge on any atom is -0.480 e. The number of carbonyl (C=O) groups is 3. The van der Waals surface area contributed by atoms with Gasteiger partial charge in [-0.25, -0.2) is 14.4 Å². The molecular weight excluding hydrogens is 264 g/mol. The molecule has 0 radical (unpaired) electrons. The van der Waals surface area contributed by atoms with Crippen LogP contribution in [0.4, 0.5) is 9.59 Å².